The number of amides is 2. The minimum atomic E-state index is -0.839. The molecule has 1 aromatic heterocycles. The number of anilines is 1. The number of carbonyl (C=O) groups is 2. The van der Waals surface area contributed by atoms with Gasteiger partial charge >= 0.3 is 12.2 Å². The van der Waals surface area contributed by atoms with Gasteiger partial charge in [-0.1, -0.05) is 12.1 Å². The highest BCUT2D eigenvalue weighted by molar-refractivity contribution is 6.13. The number of hydrogen-bond donors (Lipinski definition) is 1. The van der Waals surface area contributed by atoms with Gasteiger partial charge in [-0.15, -0.1) is 0 Å². The number of aromatic nitrogens is 2. The Balaban J connectivity index is 2.46. The Hall–Kier alpha value is -2.57. The predicted molar refractivity (Wildman–Crippen MR) is 91.0 cm³/mol. The summed E-state index contributed by atoms with van der Waals surface area (Å²) < 4.78 is 10.7. The van der Waals surface area contributed by atoms with Gasteiger partial charge in [-0.25, -0.2) is 9.59 Å². The highest BCUT2D eigenvalue weighted by Gasteiger charge is 2.35. The fraction of sp³-hybridized carbons (Fsp3) is 0.471. The van der Waals surface area contributed by atoms with Crippen molar-refractivity contribution < 1.29 is 19.1 Å². The van der Waals surface area contributed by atoms with E-state index in [1.54, 1.807) is 59.7 Å². The number of hydrogen-bond acceptors (Lipinski definition) is 5. The first-order valence-corrected chi connectivity index (χ1v) is 7.67. The van der Waals surface area contributed by atoms with E-state index in [-0.39, 0.29) is 5.82 Å². The quantitative estimate of drug-likeness (QED) is 0.843. The van der Waals surface area contributed by atoms with Gasteiger partial charge in [0.25, 0.3) is 0 Å². The topological polar surface area (TPSA) is 84.5 Å². The first kappa shape index (κ1) is 17.8. The molecule has 24 heavy (non-hydrogen) atoms. The fourth-order valence-corrected chi connectivity index (χ4v) is 1.98. The fourth-order valence-electron chi connectivity index (χ4n) is 1.98. The smallest absolute Gasteiger partial charge is 0.425 e. The van der Waals surface area contributed by atoms with Gasteiger partial charge in [0.15, 0.2) is 5.82 Å². The normalized spacial score (nSPS) is 12.1. The van der Waals surface area contributed by atoms with Gasteiger partial charge in [0.1, 0.15) is 11.2 Å². The minimum Gasteiger partial charge on any atom is -0.443 e. The van der Waals surface area contributed by atoms with Crippen LogP contribution in [-0.2, 0) is 9.47 Å². The molecule has 0 fully saturated rings. The van der Waals surface area contributed by atoms with Crippen molar-refractivity contribution in [3.8, 4) is 0 Å². The summed E-state index contributed by atoms with van der Waals surface area (Å²) in [5.74, 6) is 0.147. The number of fused-ring (bicyclic) bond motifs is 1. The average Bonchev–Trinajstić information content (AvgIpc) is 2.79. The minimum absolute atomic E-state index is 0.147. The molecule has 0 saturated heterocycles. The number of imide groups is 1. The van der Waals surface area contributed by atoms with Gasteiger partial charge in [0.05, 0.1) is 5.52 Å². The Kier molecular flexibility index (Phi) is 4.55. The lowest BCUT2D eigenvalue weighted by Crippen LogP contribution is -2.44. The summed E-state index contributed by atoms with van der Waals surface area (Å²) in [6.45, 7) is 10.3. The first-order chi connectivity index (χ1) is 11.0. The molecule has 1 heterocycles. The second-order valence-electron chi connectivity index (χ2n) is 7.39. The molecule has 2 aromatic rings. The third-order valence-electron chi connectivity index (χ3n) is 2.81. The zero-order chi connectivity index (χ0) is 18.1. The molecule has 0 unspecified atom stereocenters. The van der Waals surface area contributed by atoms with Crippen LogP contribution in [0.5, 0.6) is 0 Å². The Bertz CT molecular complexity index is 725. The van der Waals surface area contributed by atoms with E-state index in [0.717, 1.165) is 4.90 Å². The van der Waals surface area contributed by atoms with E-state index in [1.807, 2.05) is 6.07 Å². The molecule has 2 rings (SSSR count). The second kappa shape index (κ2) is 6.14. The summed E-state index contributed by atoms with van der Waals surface area (Å²) in [6, 6.07) is 7.18. The third kappa shape index (κ3) is 4.24. The summed E-state index contributed by atoms with van der Waals surface area (Å²) in [5, 5.41) is 7.51. The van der Waals surface area contributed by atoms with Crippen molar-refractivity contribution >= 4 is 28.9 Å². The van der Waals surface area contributed by atoms with Gasteiger partial charge in [-0.2, -0.15) is 10.00 Å². The summed E-state index contributed by atoms with van der Waals surface area (Å²) in [5.41, 5.74) is -0.822. The van der Waals surface area contributed by atoms with Crippen LogP contribution < -0.4 is 4.90 Å². The molecule has 0 atom stereocenters. The molecule has 1 aromatic carbocycles. The molecule has 0 aliphatic carbocycles. The Morgan fingerprint density at radius 1 is 0.958 bits per heavy atom. The van der Waals surface area contributed by atoms with Gasteiger partial charge in [0.2, 0.25) is 0 Å². The van der Waals surface area contributed by atoms with Gasteiger partial charge in [-0.3, -0.25) is 5.10 Å². The first-order valence-electron chi connectivity index (χ1n) is 7.67. The number of aromatic amines is 1. The number of H-pyrrole nitrogens is 1. The van der Waals surface area contributed by atoms with Crippen LogP contribution >= 0.6 is 0 Å². The van der Waals surface area contributed by atoms with Crippen molar-refractivity contribution in [1.82, 2.24) is 10.2 Å². The van der Waals surface area contributed by atoms with Gasteiger partial charge in [0, 0.05) is 5.39 Å². The van der Waals surface area contributed by atoms with Crippen LogP contribution in [0, 0.1) is 0 Å². The molecule has 0 aliphatic heterocycles. The van der Waals surface area contributed by atoms with Crippen LogP contribution in [0.3, 0.4) is 0 Å². The Labute approximate surface area is 140 Å². The largest absolute Gasteiger partial charge is 0.443 e. The summed E-state index contributed by atoms with van der Waals surface area (Å²) in [4.78, 5) is 26.0. The van der Waals surface area contributed by atoms with Crippen molar-refractivity contribution in [1.29, 1.82) is 0 Å². The molecule has 0 spiro atoms. The van der Waals surface area contributed by atoms with Crippen LogP contribution in [0.1, 0.15) is 41.5 Å². The number of para-hydroxylation sites is 1. The standard InChI is InChI=1S/C17H23N3O4/c1-16(2,3)23-14(21)20(15(22)24-17(4,5)6)13-11-9-7-8-10-12(11)18-19-13/h7-10H,1-6H3,(H,18,19). The van der Waals surface area contributed by atoms with E-state index in [0.29, 0.717) is 10.9 Å². The Morgan fingerprint density at radius 3 is 1.96 bits per heavy atom. The van der Waals surface area contributed by atoms with Crippen molar-refractivity contribution in [3.05, 3.63) is 24.3 Å². The molecular formula is C17H23N3O4. The third-order valence-corrected chi connectivity index (χ3v) is 2.81. The number of nitrogens with zero attached hydrogens (tertiary/aromatic N) is 2. The molecule has 7 nitrogen and oxygen atoms in total. The zero-order valence-corrected chi connectivity index (χ0v) is 14.8. The molecule has 0 radical (unpaired) electrons. The van der Waals surface area contributed by atoms with Crippen molar-refractivity contribution in [2.75, 3.05) is 4.90 Å². The van der Waals surface area contributed by atoms with Gasteiger partial charge in [-0.05, 0) is 53.7 Å². The number of ether oxygens (including phenoxy) is 2. The van der Waals surface area contributed by atoms with E-state index >= 15 is 0 Å². The van der Waals surface area contributed by atoms with Gasteiger partial charge < -0.3 is 9.47 Å². The number of rotatable bonds is 1. The maximum absolute atomic E-state index is 12.6. The molecule has 0 bridgehead atoms. The second-order valence-corrected chi connectivity index (χ2v) is 7.39. The SMILES string of the molecule is CC(C)(C)OC(=O)N(C(=O)OC(C)(C)C)c1n[nH]c2ccccc12. The van der Waals surface area contributed by atoms with E-state index in [2.05, 4.69) is 10.2 Å². The average molecular weight is 333 g/mol. The monoisotopic (exact) mass is 333 g/mol. The lowest BCUT2D eigenvalue weighted by atomic mass is 10.2. The molecule has 0 saturated carbocycles. The maximum atomic E-state index is 12.6. The number of benzene rings is 1. The summed E-state index contributed by atoms with van der Waals surface area (Å²) >= 11 is 0. The lowest BCUT2D eigenvalue weighted by Gasteiger charge is -2.27. The molecule has 2 amide bonds. The molecule has 0 aliphatic rings. The maximum Gasteiger partial charge on any atom is 0.425 e. The molecule has 1 N–H and O–H groups in total. The lowest BCUT2D eigenvalue weighted by molar-refractivity contribution is 0.0429. The molecular weight excluding hydrogens is 310 g/mol. The van der Waals surface area contributed by atoms with Crippen molar-refractivity contribution in [2.24, 2.45) is 0 Å². The highest BCUT2D eigenvalue weighted by atomic mass is 16.6. The van der Waals surface area contributed by atoms with Crippen LogP contribution in [0.15, 0.2) is 24.3 Å². The van der Waals surface area contributed by atoms with Crippen LogP contribution in [-0.4, -0.2) is 33.6 Å². The Morgan fingerprint density at radius 2 is 1.46 bits per heavy atom. The predicted octanol–water partition coefficient (Wildman–Crippen LogP) is 4.24. The van der Waals surface area contributed by atoms with E-state index in [1.165, 1.54) is 0 Å². The summed E-state index contributed by atoms with van der Waals surface area (Å²) in [6.07, 6.45) is -1.68. The van der Waals surface area contributed by atoms with E-state index < -0.39 is 23.4 Å². The van der Waals surface area contributed by atoms with Crippen molar-refractivity contribution in [3.63, 3.8) is 0 Å². The van der Waals surface area contributed by atoms with E-state index in [4.69, 9.17) is 9.47 Å². The molecule has 130 valence electrons. The number of nitrogens with one attached hydrogen (secondary N) is 1. The van der Waals surface area contributed by atoms with E-state index in [9.17, 15) is 9.59 Å². The van der Waals surface area contributed by atoms with Crippen molar-refractivity contribution in [2.45, 2.75) is 52.7 Å². The molecule has 7 heteroatoms. The highest BCUT2D eigenvalue weighted by Crippen LogP contribution is 2.27. The van der Waals surface area contributed by atoms with Crippen LogP contribution in [0.4, 0.5) is 15.4 Å². The van der Waals surface area contributed by atoms with Crippen LogP contribution in [0.25, 0.3) is 10.9 Å². The van der Waals surface area contributed by atoms with Crippen LogP contribution in [0.2, 0.25) is 0 Å². The number of carbonyl (C=O) groups excluding carboxylic acids is 2. The summed E-state index contributed by atoms with van der Waals surface area (Å²) in [7, 11) is 0. The zero-order valence-electron chi connectivity index (χ0n) is 14.8.